The highest BCUT2D eigenvalue weighted by Crippen LogP contribution is 2.03. The van der Waals surface area contributed by atoms with Crippen LogP contribution in [0.3, 0.4) is 0 Å². The predicted molar refractivity (Wildman–Crippen MR) is 59.0 cm³/mol. The fraction of sp³-hybridized carbons (Fsp3) is 0.800. The van der Waals surface area contributed by atoms with E-state index in [1.807, 2.05) is 0 Å². The van der Waals surface area contributed by atoms with Gasteiger partial charge in [0.25, 0.3) is 0 Å². The van der Waals surface area contributed by atoms with Crippen molar-refractivity contribution < 1.29 is 19.1 Å². The number of esters is 1. The number of ether oxygens (including phenoxy) is 2. The molecule has 16 heavy (non-hydrogen) atoms. The molecule has 0 aromatic heterocycles. The molecule has 0 aromatic carbocycles. The maximum absolute atomic E-state index is 11.4. The molecule has 0 heterocycles. The molecule has 1 amide bonds. The van der Waals surface area contributed by atoms with Gasteiger partial charge in [0.15, 0.2) is 0 Å². The molecule has 0 aliphatic carbocycles. The van der Waals surface area contributed by atoms with E-state index in [1.54, 1.807) is 21.0 Å². The second kappa shape index (κ2) is 7.19. The lowest BCUT2D eigenvalue weighted by Crippen LogP contribution is -2.52. The zero-order valence-electron chi connectivity index (χ0n) is 10.3. The Labute approximate surface area is 95.7 Å². The molecule has 0 radical (unpaired) electrons. The number of amides is 1. The van der Waals surface area contributed by atoms with Gasteiger partial charge in [-0.05, 0) is 13.8 Å². The van der Waals surface area contributed by atoms with Crippen molar-refractivity contribution in [3.8, 4) is 0 Å². The number of rotatable bonds is 7. The van der Waals surface area contributed by atoms with E-state index < -0.39 is 11.5 Å². The van der Waals surface area contributed by atoms with Gasteiger partial charge >= 0.3 is 5.97 Å². The largest absolute Gasteiger partial charge is 0.467 e. The Bertz CT molecular complexity index is 241. The summed E-state index contributed by atoms with van der Waals surface area (Å²) in [5, 5.41) is 5.44. The van der Waals surface area contributed by atoms with Gasteiger partial charge in [-0.3, -0.25) is 4.79 Å². The van der Waals surface area contributed by atoms with Crippen LogP contribution in [0.15, 0.2) is 0 Å². The van der Waals surface area contributed by atoms with Crippen molar-refractivity contribution in [3.63, 3.8) is 0 Å². The normalized spacial score (nSPS) is 11.0. The molecular weight excluding hydrogens is 212 g/mol. The summed E-state index contributed by atoms with van der Waals surface area (Å²) in [7, 11) is 2.87. The molecule has 0 saturated carbocycles. The van der Waals surface area contributed by atoms with Crippen LogP contribution in [0.25, 0.3) is 0 Å². The summed E-state index contributed by atoms with van der Waals surface area (Å²) in [5.74, 6) is -0.732. The Kier molecular flexibility index (Phi) is 6.67. The molecule has 0 spiro atoms. The fourth-order valence-electron chi connectivity index (χ4n) is 1.08. The zero-order chi connectivity index (χ0) is 12.6. The zero-order valence-corrected chi connectivity index (χ0v) is 10.3. The first-order chi connectivity index (χ1) is 7.44. The third-order valence-corrected chi connectivity index (χ3v) is 1.92. The molecule has 0 aromatic rings. The molecule has 0 rings (SSSR count). The fourth-order valence-corrected chi connectivity index (χ4v) is 1.08. The quantitative estimate of drug-likeness (QED) is 0.448. The Morgan fingerprint density at radius 1 is 1.25 bits per heavy atom. The highest BCUT2D eigenvalue weighted by atomic mass is 16.5. The van der Waals surface area contributed by atoms with Crippen LogP contribution in [-0.2, 0) is 19.1 Å². The number of nitrogens with one attached hydrogen (secondary N) is 2. The summed E-state index contributed by atoms with van der Waals surface area (Å²) in [6, 6.07) is 0. The summed E-state index contributed by atoms with van der Waals surface area (Å²) in [4.78, 5) is 22.7. The van der Waals surface area contributed by atoms with Crippen LogP contribution >= 0.6 is 0 Å². The molecule has 6 heteroatoms. The van der Waals surface area contributed by atoms with E-state index in [9.17, 15) is 9.59 Å². The van der Waals surface area contributed by atoms with Crippen molar-refractivity contribution in [3.05, 3.63) is 0 Å². The van der Waals surface area contributed by atoms with Gasteiger partial charge in [-0.25, -0.2) is 4.79 Å². The lowest BCUT2D eigenvalue weighted by molar-refractivity contribution is -0.149. The Hall–Kier alpha value is -1.14. The van der Waals surface area contributed by atoms with Gasteiger partial charge in [0.2, 0.25) is 5.91 Å². The van der Waals surface area contributed by atoms with E-state index in [2.05, 4.69) is 15.4 Å². The maximum atomic E-state index is 11.4. The van der Waals surface area contributed by atoms with Crippen LogP contribution in [-0.4, -0.2) is 51.3 Å². The molecule has 2 N–H and O–H groups in total. The van der Waals surface area contributed by atoms with E-state index in [4.69, 9.17) is 4.74 Å². The van der Waals surface area contributed by atoms with Crippen LogP contribution in [0.2, 0.25) is 0 Å². The van der Waals surface area contributed by atoms with Gasteiger partial charge in [0.1, 0.15) is 5.54 Å². The third-order valence-electron chi connectivity index (χ3n) is 1.92. The average Bonchev–Trinajstić information content (AvgIpc) is 2.22. The van der Waals surface area contributed by atoms with E-state index in [-0.39, 0.29) is 12.5 Å². The highest BCUT2D eigenvalue weighted by Gasteiger charge is 2.29. The third kappa shape index (κ3) is 5.67. The number of hydrogen-bond donors (Lipinski definition) is 2. The average molecular weight is 232 g/mol. The van der Waals surface area contributed by atoms with Crippen molar-refractivity contribution in [2.45, 2.75) is 19.4 Å². The minimum atomic E-state index is -1.01. The topological polar surface area (TPSA) is 76.7 Å². The molecular formula is C10H20N2O4. The number of methoxy groups -OCH3 is 2. The van der Waals surface area contributed by atoms with Gasteiger partial charge in [0, 0.05) is 13.7 Å². The summed E-state index contributed by atoms with van der Waals surface area (Å²) in [6.07, 6.45) is 0. The molecule has 0 bridgehead atoms. The van der Waals surface area contributed by atoms with Gasteiger partial charge < -0.3 is 20.1 Å². The minimum absolute atomic E-state index is 0.143. The number of carbonyl (C=O) groups is 2. The van der Waals surface area contributed by atoms with Crippen LogP contribution in [0.4, 0.5) is 0 Å². The summed E-state index contributed by atoms with van der Waals surface area (Å²) in [5.41, 5.74) is -1.01. The Morgan fingerprint density at radius 3 is 2.38 bits per heavy atom. The first kappa shape index (κ1) is 14.9. The molecule has 0 unspecified atom stereocenters. The van der Waals surface area contributed by atoms with Gasteiger partial charge in [0.05, 0.1) is 20.3 Å². The van der Waals surface area contributed by atoms with Gasteiger partial charge in [-0.1, -0.05) is 0 Å². The molecule has 0 aliphatic heterocycles. The Morgan fingerprint density at radius 2 is 1.88 bits per heavy atom. The second-order valence-electron chi connectivity index (χ2n) is 3.83. The van der Waals surface area contributed by atoms with Crippen LogP contribution in [0.5, 0.6) is 0 Å². The van der Waals surface area contributed by atoms with Gasteiger partial charge in [-0.2, -0.15) is 0 Å². The summed E-state index contributed by atoms with van der Waals surface area (Å²) in [6.45, 7) is 4.44. The molecule has 0 saturated heterocycles. The lowest BCUT2D eigenvalue weighted by Gasteiger charge is -2.23. The predicted octanol–water partition coefficient (Wildman–Crippen LogP) is -0.710. The van der Waals surface area contributed by atoms with E-state index in [0.29, 0.717) is 13.2 Å². The van der Waals surface area contributed by atoms with Crippen LogP contribution < -0.4 is 10.6 Å². The van der Waals surface area contributed by atoms with E-state index in [1.165, 1.54) is 7.11 Å². The SMILES string of the molecule is COCCNCC(=O)NC(C)(C)C(=O)OC. The van der Waals surface area contributed by atoms with Crippen LogP contribution in [0.1, 0.15) is 13.8 Å². The van der Waals surface area contributed by atoms with Crippen molar-refractivity contribution in [2.75, 3.05) is 33.9 Å². The van der Waals surface area contributed by atoms with E-state index in [0.717, 1.165) is 0 Å². The standard InChI is InChI=1S/C10H20N2O4/c1-10(2,9(14)16-4)12-8(13)7-11-5-6-15-3/h11H,5-7H2,1-4H3,(H,12,13). The smallest absolute Gasteiger partial charge is 0.330 e. The van der Waals surface area contributed by atoms with Crippen molar-refractivity contribution in [1.82, 2.24) is 10.6 Å². The van der Waals surface area contributed by atoms with Crippen molar-refractivity contribution >= 4 is 11.9 Å². The first-order valence-corrected chi connectivity index (χ1v) is 5.03. The van der Waals surface area contributed by atoms with Crippen molar-refractivity contribution in [1.29, 1.82) is 0 Å². The summed E-state index contributed by atoms with van der Waals surface area (Å²) < 4.78 is 9.38. The van der Waals surface area contributed by atoms with Crippen LogP contribution in [0, 0.1) is 0 Å². The van der Waals surface area contributed by atoms with Gasteiger partial charge in [-0.15, -0.1) is 0 Å². The molecule has 0 fully saturated rings. The molecule has 0 atom stereocenters. The highest BCUT2D eigenvalue weighted by molar-refractivity contribution is 5.88. The molecule has 94 valence electrons. The second-order valence-corrected chi connectivity index (χ2v) is 3.83. The first-order valence-electron chi connectivity index (χ1n) is 5.03. The Balaban J connectivity index is 3.90. The van der Waals surface area contributed by atoms with Crippen molar-refractivity contribution in [2.24, 2.45) is 0 Å². The number of hydrogen-bond acceptors (Lipinski definition) is 5. The van der Waals surface area contributed by atoms with E-state index >= 15 is 0 Å². The maximum Gasteiger partial charge on any atom is 0.330 e. The number of carbonyl (C=O) groups excluding carboxylic acids is 2. The monoisotopic (exact) mass is 232 g/mol. The lowest BCUT2D eigenvalue weighted by atomic mass is 10.1. The molecule has 6 nitrogen and oxygen atoms in total. The summed E-state index contributed by atoms with van der Waals surface area (Å²) >= 11 is 0. The molecule has 0 aliphatic rings. The minimum Gasteiger partial charge on any atom is -0.467 e.